The Morgan fingerprint density at radius 2 is 2.13 bits per heavy atom. The van der Waals surface area contributed by atoms with E-state index in [9.17, 15) is 4.79 Å². The van der Waals surface area contributed by atoms with Crippen LogP contribution < -0.4 is 9.47 Å². The van der Waals surface area contributed by atoms with Gasteiger partial charge in [-0.25, -0.2) is 9.97 Å². The van der Waals surface area contributed by atoms with Crippen LogP contribution in [0.25, 0.3) is 11.3 Å². The summed E-state index contributed by atoms with van der Waals surface area (Å²) < 4.78 is 16.2. The van der Waals surface area contributed by atoms with Crippen molar-refractivity contribution in [3.8, 4) is 22.8 Å². The summed E-state index contributed by atoms with van der Waals surface area (Å²) in [5, 5.41) is 3.98. The summed E-state index contributed by atoms with van der Waals surface area (Å²) in [6.07, 6.45) is 5.54. The fourth-order valence-corrected chi connectivity index (χ4v) is 4.11. The van der Waals surface area contributed by atoms with Crippen LogP contribution >= 0.6 is 0 Å². The number of aryl methyl sites for hydroxylation is 1. The molecule has 30 heavy (non-hydrogen) atoms. The summed E-state index contributed by atoms with van der Waals surface area (Å²) in [5.41, 5.74) is 3.48. The number of hydrogen-bond donors (Lipinski definition) is 0. The number of carbonyl (C=O) groups is 1. The highest BCUT2D eigenvalue weighted by Crippen LogP contribution is 2.34. The van der Waals surface area contributed by atoms with Crippen LogP contribution in [0.5, 0.6) is 11.5 Å². The van der Waals surface area contributed by atoms with Crippen LogP contribution in [0, 0.1) is 6.92 Å². The third-order valence-corrected chi connectivity index (χ3v) is 5.59. The summed E-state index contributed by atoms with van der Waals surface area (Å²) in [7, 11) is 0. The second-order valence-electron chi connectivity index (χ2n) is 7.70. The van der Waals surface area contributed by atoms with E-state index in [4.69, 9.17) is 14.0 Å². The van der Waals surface area contributed by atoms with Crippen LogP contribution in [0.1, 0.15) is 35.7 Å². The Balaban J connectivity index is 1.32. The van der Waals surface area contributed by atoms with Gasteiger partial charge in [0.25, 0.3) is 0 Å². The van der Waals surface area contributed by atoms with Crippen LogP contribution in [-0.4, -0.2) is 45.8 Å². The maximum atomic E-state index is 13.0. The Bertz CT molecular complexity index is 1080. The first-order valence-corrected chi connectivity index (χ1v) is 10.1. The Hall–Kier alpha value is -3.42. The molecule has 1 saturated heterocycles. The standard InChI is InChI=1S/C22H22N4O4/c1-14-7-19(30-25-14)17-10-23-12-24-22(17)16-3-2-6-26(11-16)21(27)9-15-4-5-18-20(8-15)29-13-28-18/h4-5,7-8,10,12,16H,2-3,6,9,11,13H2,1H3. The van der Waals surface area contributed by atoms with Gasteiger partial charge in [-0.2, -0.15) is 0 Å². The maximum absolute atomic E-state index is 13.0. The number of benzene rings is 1. The monoisotopic (exact) mass is 406 g/mol. The average molecular weight is 406 g/mol. The number of likely N-dealkylation sites (tertiary alicyclic amines) is 1. The van der Waals surface area contributed by atoms with E-state index >= 15 is 0 Å². The molecule has 3 aromatic rings. The Morgan fingerprint density at radius 3 is 3.00 bits per heavy atom. The number of carbonyl (C=O) groups excluding carboxylic acids is 1. The Labute approximate surface area is 173 Å². The first-order chi connectivity index (χ1) is 14.7. The smallest absolute Gasteiger partial charge is 0.231 e. The number of hydrogen-bond acceptors (Lipinski definition) is 7. The minimum atomic E-state index is 0.102. The Morgan fingerprint density at radius 1 is 1.23 bits per heavy atom. The highest BCUT2D eigenvalue weighted by atomic mass is 16.7. The quantitative estimate of drug-likeness (QED) is 0.657. The molecule has 1 atom stereocenters. The lowest BCUT2D eigenvalue weighted by atomic mass is 9.91. The number of amides is 1. The molecule has 1 fully saturated rings. The molecule has 4 heterocycles. The molecule has 0 bridgehead atoms. The predicted octanol–water partition coefficient (Wildman–Crippen LogP) is 3.12. The Kier molecular flexibility index (Phi) is 4.82. The van der Waals surface area contributed by atoms with Crippen molar-refractivity contribution >= 4 is 5.91 Å². The van der Waals surface area contributed by atoms with Gasteiger partial charge < -0.3 is 18.9 Å². The lowest BCUT2D eigenvalue weighted by Crippen LogP contribution is -2.40. The third-order valence-electron chi connectivity index (χ3n) is 5.59. The van der Waals surface area contributed by atoms with Gasteiger partial charge in [-0.15, -0.1) is 0 Å². The van der Waals surface area contributed by atoms with Crippen molar-refractivity contribution in [1.29, 1.82) is 0 Å². The molecule has 2 aliphatic rings. The molecule has 2 aliphatic heterocycles. The molecule has 0 spiro atoms. The van der Waals surface area contributed by atoms with Crippen molar-refractivity contribution in [2.75, 3.05) is 19.9 Å². The van der Waals surface area contributed by atoms with E-state index in [2.05, 4.69) is 15.1 Å². The maximum Gasteiger partial charge on any atom is 0.231 e. The first kappa shape index (κ1) is 18.6. The minimum absolute atomic E-state index is 0.102. The molecular formula is C22H22N4O4. The zero-order chi connectivity index (χ0) is 20.5. The molecular weight excluding hydrogens is 384 g/mol. The van der Waals surface area contributed by atoms with Gasteiger partial charge in [-0.1, -0.05) is 11.2 Å². The summed E-state index contributed by atoms with van der Waals surface area (Å²) in [5.74, 6) is 2.31. The van der Waals surface area contributed by atoms with Gasteiger partial charge in [-0.05, 0) is 37.5 Å². The van der Waals surface area contributed by atoms with E-state index in [0.717, 1.165) is 47.7 Å². The lowest BCUT2D eigenvalue weighted by Gasteiger charge is -2.33. The second kappa shape index (κ2) is 7.78. The van der Waals surface area contributed by atoms with E-state index in [1.54, 1.807) is 12.5 Å². The van der Waals surface area contributed by atoms with Crippen LogP contribution in [0.4, 0.5) is 0 Å². The molecule has 1 amide bonds. The molecule has 154 valence electrons. The van der Waals surface area contributed by atoms with Crippen LogP contribution in [0.3, 0.4) is 0 Å². The normalized spacial score (nSPS) is 17.9. The number of rotatable bonds is 4. The lowest BCUT2D eigenvalue weighted by molar-refractivity contribution is -0.131. The number of aromatic nitrogens is 3. The van der Waals surface area contributed by atoms with Gasteiger partial charge in [0.05, 0.1) is 23.4 Å². The average Bonchev–Trinajstić information content (AvgIpc) is 3.42. The number of fused-ring (bicyclic) bond motifs is 1. The fourth-order valence-electron chi connectivity index (χ4n) is 4.11. The van der Waals surface area contributed by atoms with E-state index < -0.39 is 0 Å². The summed E-state index contributed by atoms with van der Waals surface area (Å²) >= 11 is 0. The number of nitrogens with zero attached hydrogens (tertiary/aromatic N) is 4. The predicted molar refractivity (Wildman–Crippen MR) is 107 cm³/mol. The van der Waals surface area contributed by atoms with Gasteiger partial charge in [-0.3, -0.25) is 4.79 Å². The zero-order valence-electron chi connectivity index (χ0n) is 16.7. The molecule has 0 aliphatic carbocycles. The topological polar surface area (TPSA) is 90.6 Å². The van der Waals surface area contributed by atoms with Crippen LogP contribution in [0.15, 0.2) is 41.3 Å². The molecule has 1 unspecified atom stereocenters. The summed E-state index contributed by atoms with van der Waals surface area (Å²) in [6, 6.07) is 7.54. The SMILES string of the molecule is Cc1cc(-c2cncnc2C2CCCN(C(=O)Cc3ccc4c(c3)OCO4)C2)on1. The highest BCUT2D eigenvalue weighted by Gasteiger charge is 2.28. The first-order valence-electron chi connectivity index (χ1n) is 10.1. The van der Waals surface area contributed by atoms with Crippen molar-refractivity contribution in [2.24, 2.45) is 0 Å². The zero-order valence-corrected chi connectivity index (χ0v) is 16.7. The van der Waals surface area contributed by atoms with Crippen LogP contribution in [0.2, 0.25) is 0 Å². The molecule has 5 rings (SSSR count). The molecule has 8 heteroatoms. The molecule has 0 N–H and O–H groups in total. The van der Waals surface area contributed by atoms with E-state index in [1.807, 2.05) is 36.1 Å². The van der Waals surface area contributed by atoms with Crippen molar-refractivity contribution < 1.29 is 18.8 Å². The van der Waals surface area contributed by atoms with Crippen molar-refractivity contribution in [3.05, 3.63) is 53.7 Å². The van der Waals surface area contributed by atoms with E-state index in [-0.39, 0.29) is 18.6 Å². The van der Waals surface area contributed by atoms with Gasteiger partial charge in [0.15, 0.2) is 17.3 Å². The van der Waals surface area contributed by atoms with Crippen molar-refractivity contribution in [1.82, 2.24) is 20.0 Å². The van der Waals surface area contributed by atoms with Gasteiger partial charge in [0.1, 0.15) is 6.33 Å². The summed E-state index contributed by atoms with van der Waals surface area (Å²) in [4.78, 5) is 23.6. The van der Waals surface area contributed by atoms with Gasteiger partial charge in [0, 0.05) is 31.3 Å². The van der Waals surface area contributed by atoms with E-state index in [1.165, 1.54) is 0 Å². The molecule has 2 aromatic heterocycles. The molecule has 0 radical (unpaired) electrons. The van der Waals surface area contributed by atoms with Crippen molar-refractivity contribution in [3.63, 3.8) is 0 Å². The van der Waals surface area contributed by atoms with Crippen molar-refractivity contribution in [2.45, 2.75) is 32.1 Å². The van der Waals surface area contributed by atoms with Gasteiger partial charge >= 0.3 is 0 Å². The molecule has 0 saturated carbocycles. The third kappa shape index (κ3) is 3.60. The fraction of sp³-hybridized carbons (Fsp3) is 0.364. The number of ether oxygens (including phenoxy) is 2. The number of piperidine rings is 1. The molecule has 1 aromatic carbocycles. The summed E-state index contributed by atoms with van der Waals surface area (Å²) in [6.45, 7) is 3.49. The second-order valence-corrected chi connectivity index (χ2v) is 7.70. The largest absolute Gasteiger partial charge is 0.454 e. The minimum Gasteiger partial charge on any atom is -0.454 e. The van der Waals surface area contributed by atoms with Gasteiger partial charge in [0.2, 0.25) is 12.7 Å². The molecule has 8 nitrogen and oxygen atoms in total. The van der Waals surface area contributed by atoms with Crippen LogP contribution in [-0.2, 0) is 11.2 Å². The highest BCUT2D eigenvalue weighted by molar-refractivity contribution is 5.79. The van der Waals surface area contributed by atoms with E-state index in [0.29, 0.717) is 24.5 Å².